The Morgan fingerprint density at radius 2 is 2.00 bits per heavy atom. The third-order valence-corrected chi connectivity index (χ3v) is 7.22. The van der Waals surface area contributed by atoms with Crippen LogP contribution in [0.25, 0.3) is 0 Å². The lowest BCUT2D eigenvalue weighted by atomic mass is 9.83. The summed E-state index contributed by atoms with van der Waals surface area (Å²) in [6.07, 6.45) is 2.99. The number of amides is 1. The zero-order valence-electron chi connectivity index (χ0n) is 13.8. The zero-order valence-corrected chi connectivity index (χ0v) is 14.6. The summed E-state index contributed by atoms with van der Waals surface area (Å²) in [6, 6.07) is -0.372. The summed E-state index contributed by atoms with van der Waals surface area (Å²) in [6.45, 7) is 3.62. The summed E-state index contributed by atoms with van der Waals surface area (Å²) in [5.41, 5.74) is 0. The van der Waals surface area contributed by atoms with E-state index in [-0.39, 0.29) is 35.4 Å². The lowest BCUT2D eigenvalue weighted by Crippen LogP contribution is -2.61. The molecule has 4 rings (SSSR count). The maximum atomic E-state index is 12.7. The lowest BCUT2D eigenvalue weighted by Gasteiger charge is -2.45. The average Bonchev–Trinajstić information content (AvgIpc) is 2.99. The van der Waals surface area contributed by atoms with Crippen molar-refractivity contribution in [2.45, 2.75) is 44.8 Å². The number of carbonyl (C=O) groups excluding carboxylic acids is 1. The second-order valence-electron chi connectivity index (χ2n) is 7.18. The molecule has 2 atom stereocenters. The fourth-order valence-electron chi connectivity index (χ4n) is 4.03. The first kappa shape index (κ1) is 16.0. The van der Waals surface area contributed by atoms with Crippen LogP contribution in [0, 0.1) is 12.8 Å². The van der Waals surface area contributed by atoms with Gasteiger partial charge in [0.05, 0.1) is 24.1 Å². The largest absolute Gasteiger partial charge is 0.336 e. The van der Waals surface area contributed by atoms with Crippen molar-refractivity contribution >= 4 is 15.7 Å². The first-order valence-electron chi connectivity index (χ1n) is 8.56. The number of carbonyl (C=O) groups is 1. The molecule has 3 heterocycles. The summed E-state index contributed by atoms with van der Waals surface area (Å²) >= 11 is 0. The standard InChI is InChI=1S/C15H23N5O3S/c1-10-16-14(18-17-10)7-19-5-6-20(15(21)11-3-2-4-11)13-9-24(22,23)8-12(13)19/h11-13H,2-9H2,1H3,(H,16,17,18)/t12-,13+/m0/s1. The van der Waals surface area contributed by atoms with Crippen molar-refractivity contribution in [2.24, 2.45) is 5.92 Å². The maximum absolute atomic E-state index is 12.7. The third kappa shape index (κ3) is 2.83. The molecule has 24 heavy (non-hydrogen) atoms. The van der Waals surface area contributed by atoms with Gasteiger partial charge in [-0.3, -0.25) is 14.8 Å². The zero-order chi connectivity index (χ0) is 16.9. The second-order valence-corrected chi connectivity index (χ2v) is 9.33. The molecule has 1 aliphatic carbocycles. The molecule has 1 aromatic rings. The molecular formula is C15H23N5O3S. The van der Waals surface area contributed by atoms with E-state index in [1.807, 2.05) is 11.8 Å². The SMILES string of the molecule is Cc1nc(CN2CCN(C(=O)C3CCC3)[C@@H]3CS(=O)(=O)C[C@@H]32)n[nH]1. The van der Waals surface area contributed by atoms with E-state index in [9.17, 15) is 13.2 Å². The first-order chi connectivity index (χ1) is 11.4. The highest BCUT2D eigenvalue weighted by atomic mass is 32.2. The fraction of sp³-hybridized carbons (Fsp3) is 0.800. The minimum atomic E-state index is -3.11. The van der Waals surface area contributed by atoms with E-state index in [2.05, 4.69) is 20.1 Å². The molecule has 0 spiro atoms. The Morgan fingerprint density at radius 1 is 1.25 bits per heavy atom. The predicted octanol–water partition coefficient (Wildman–Crippen LogP) is -0.277. The average molecular weight is 353 g/mol. The summed E-state index contributed by atoms with van der Waals surface area (Å²) in [5, 5.41) is 6.98. The van der Waals surface area contributed by atoms with Crippen LogP contribution in [0.15, 0.2) is 0 Å². The smallest absolute Gasteiger partial charge is 0.226 e. The predicted molar refractivity (Wildman–Crippen MR) is 86.8 cm³/mol. The minimum absolute atomic E-state index is 0.0830. The number of hydrogen-bond donors (Lipinski definition) is 1. The maximum Gasteiger partial charge on any atom is 0.226 e. The topological polar surface area (TPSA) is 99.3 Å². The number of rotatable bonds is 3. The Bertz CT molecular complexity index is 742. The second kappa shape index (κ2) is 5.80. The van der Waals surface area contributed by atoms with Crippen molar-refractivity contribution in [1.29, 1.82) is 0 Å². The van der Waals surface area contributed by atoms with E-state index in [1.54, 1.807) is 0 Å². The van der Waals surface area contributed by atoms with Crippen LogP contribution in [0.4, 0.5) is 0 Å². The van der Waals surface area contributed by atoms with Gasteiger partial charge in [-0.05, 0) is 19.8 Å². The third-order valence-electron chi connectivity index (χ3n) is 5.52. The van der Waals surface area contributed by atoms with E-state index in [1.165, 1.54) is 0 Å². The van der Waals surface area contributed by atoms with Crippen molar-refractivity contribution < 1.29 is 13.2 Å². The normalized spacial score (nSPS) is 30.1. The number of aromatic amines is 1. The van der Waals surface area contributed by atoms with Gasteiger partial charge in [0.15, 0.2) is 15.7 Å². The Hall–Kier alpha value is -1.48. The van der Waals surface area contributed by atoms with Crippen molar-refractivity contribution in [2.75, 3.05) is 24.6 Å². The molecule has 1 aromatic heterocycles. The number of H-pyrrole nitrogens is 1. The van der Waals surface area contributed by atoms with E-state index in [4.69, 9.17) is 0 Å². The van der Waals surface area contributed by atoms with Gasteiger partial charge in [-0.25, -0.2) is 13.4 Å². The molecule has 2 saturated heterocycles. The van der Waals surface area contributed by atoms with E-state index < -0.39 is 9.84 Å². The van der Waals surface area contributed by atoms with Crippen LogP contribution in [-0.2, 0) is 21.2 Å². The van der Waals surface area contributed by atoms with Crippen LogP contribution in [0.2, 0.25) is 0 Å². The lowest BCUT2D eigenvalue weighted by molar-refractivity contribution is -0.144. The Morgan fingerprint density at radius 3 is 2.62 bits per heavy atom. The molecule has 8 nitrogen and oxygen atoms in total. The molecule has 132 valence electrons. The summed E-state index contributed by atoms with van der Waals surface area (Å²) in [5.74, 6) is 1.89. The van der Waals surface area contributed by atoms with Crippen LogP contribution in [0.5, 0.6) is 0 Å². The number of aromatic nitrogens is 3. The monoisotopic (exact) mass is 353 g/mol. The molecule has 3 fully saturated rings. The molecule has 0 aromatic carbocycles. The molecule has 2 aliphatic heterocycles. The molecule has 1 saturated carbocycles. The number of hydrogen-bond acceptors (Lipinski definition) is 6. The van der Waals surface area contributed by atoms with Crippen LogP contribution in [-0.4, -0.2) is 76.0 Å². The van der Waals surface area contributed by atoms with Crippen molar-refractivity contribution in [3.8, 4) is 0 Å². The number of piperazine rings is 1. The fourth-order valence-corrected chi connectivity index (χ4v) is 6.04. The van der Waals surface area contributed by atoms with E-state index >= 15 is 0 Å². The molecule has 0 unspecified atom stereocenters. The number of aryl methyl sites for hydroxylation is 1. The molecule has 9 heteroatoms. The Kier molecular flexibility index (Phi) is 3.87. The van der Waals surface area contributed by atoms with Crippen molar-refractivity contribution in [3.63, 3.8) is 0 Å². The minimum Gasteiger partial charge on any atom is -0.336 e. The Labute approximate surface area is 141 Å². The molecule has 3 aliphatic rings. The van der Waals surface area contributed by atoms with Gasteiger partial charge < -0.3 is 4.90 Å². The Balaban J connectivity index is 1.54. The van der Waals surface area contributed by atoms with Gasteiger partial charge in [0.2, 0.25) is 5.91 Å². The van der Waals surface area contributed by atoms with Gasteiger partial charge >= 0.3 is 0 Å². The number of nitrogens with zero attached hydrogens (tertiary/aromatic N) is 4. The molecule has 0 bridgehead atoms. The van der Waals surface area contributed by atoms with Crippen LogP contribution < -0.4 is 0 Å². The van der Waals surface area contributed by atoms with Gasteiger partial charge in [-0.2, -0.15) is 5.10 Å². The molecule has 1 amide bonds. The van der Waals surface area contributed by atoms with Crippen LogP contribution in [0.1, 0.15) is 30.9 Å². The van der Waals surface area contributed by atoms with Crippen molar-refractivity contribution in [1.82, 2.24) is 25.0 Å². The van der Waals surface area contributed by atoms with Crippen LogP contribution >= 0.6 is 0 Å². The van der Waals surface area contributed by atoms with Gasteiger partial charge in [0.1, 0.15) is 5.82 Å². The number of sulfone groups is 1. The quantitative estimate of drug-likeness (QED) is 0.803. The van der Waals surface area contributed by atoms with E-state index in [0.717, 1.165) is 25.1 Å². The van der Waals surface area contributed by atoms with Gasteiger partial charge in [0.25, 0.3) is 0 Å². The molecule has 0 radical (unpaired) electrons. The summed E-state index contributed by atoms with van der Waals surface area (Å²) < 4.78 is 24.4. The molecular weight excluding hydrogens is 330 g/mol. The van der Waals surface area contributed by atoms with Gasteiger partial charge in [-0.15, -0.1) is 0 Å². The van der Waals surface area contributed by atoms with Gasteiger partial charge in [-0.1, -0.05) is 6.42 Å². The van der Waals surface area contributed by atoms with E-state index in [0.29, 0.717) is 25.5 Å². The highest BCUT2D eigenvalue weighted by molar-refractivity contribution is 7.91. The first-order valence-corrected chi connectivity index (χ1v) is 10.4. The number of nitrogens with one attached hydrogen (secondary N) is 1. The summed E-state index contributed by atoms with van der Waals surface area (Å²) in [7, 11) is -3.11. The van der Waals surface area contributed by atoms with Crippen molar-refractivity contribution in [3.05, 3.63) is 11.6 Å². The number of fused-ring (bicyclic) bond motifs is 1. The highest BCUT2D eigenvalue weighted by Gasteiger charge is 2.49. The highest BCUT2D eigenvalue weighted by Crippen LogP contribution is 2.33. The summed E-state index contributed by atoms with van der Waals surface area (Å²) in [4.78, 5) is 21.0. The van der Waals surface area contributed by atoms with Crippen LogP contribution in [0.3, 0.4) is 0 Å². The molecule has 1 N–H and O–H groups in total. The van der Waals surface area contributed by atoms with Gasteiger partial charge in [0, 0.05) is 25.0 Å².